The Hall–Kier alpha value is -2.63. The lowest BCUT2D eigenvalue weighted by atomic mass is 9.91. The largest absolute Gasteiger partial charge is 0.444 e. The highest BCUT2D eigenvalue weighted by Gasteiger charge is 2.70. The van der Waals surface area contributed by atoms with E-state index in [1.54, 1.807) is 4.90 Å². The number of amides is 2. The third-order valence-corrected chi connectivity index (χ3v) is 6.51. The molecule has 3 atom stereocenters. The van der Waals surface area contributed by atoms with Gasteiger partial charge in [-0.25, -0.2) is 4.79 Å². The SMILES string of the molecule is CC(C)(C)OC(=O)N1C[C@H]2[C@H](C(=O)NC(C)(C)c3cncc4ccccc34)[C@@]2(C)C1. The molecule has 6 heteroatoms. The van der Waals surface area contributed by atoms with E-state index in [1.165, 1.54) is 0 Å². The molecule has 1 aromatic carbocycles. The first-order chi connectivity index (χ1) is 13.9. The zero-order chi connectivity index (χ0) is 21.9. The Morgan fingerprint density at radius 2 is 1.87 bits per heavy atom. The molecule has 1 saturated carbocycles. The molecule has 2 amide bonds. The van der Waals surface area contributed by atoms with Gasteiger partial charge in [-0.15, -0.1) is 0 Å². The highest BCUT2D eigenvalue weighted by molar-refractivity contribution is 5.88. The number of nitrogens with one attached hydrogen (secondary N) is 1. The number of nitrogens with zero attached hydrogens (tertiary/aromatic N) is 2. The van der Waals surface area contributed by atoms with Crippen LogP contribution in [0.4, 0.5) is 4.79 Å². The quantitative estimate of drug-likeness (QED) is 0.829. The monoisotopic (exact) mass is 409 g/mol. The van der Waals surface area contributed by atoms with Crippen LogP contribution in [0.5, 0.6) is 0 Å². The van der Waals surface area contributed by atoms with Crippen LogP contribution in [-0.4, -0.2) is 40.6 Å². The fraction of sp³-hybridized carbons (Fsp3) is 0.542. The summed E-state index contributed by atoms with van der Waals surface area (Å²) >= 11 is 0. The Bertz CT molecular complexity index is 1000. The van der Waals surface area contributed by atoms with Crippen LogP contribution in [0, 0.1) is 17.3 Å². The normalized spacial score (nSPS) is 25.7. The molecule has 0 spiro atoms. The fourth-order valence-electron chi connectivity index (χ4n) is 4.92. The first-order valence-electron chi connectivity index (χ1n) is 10.6. The highest BCUT2D eigenvalue weighted by Crippen LogP contribution is 2.63. The van der Waals surface area contributed by atoms with Crippen molar-refractivity contribution < 1.29 is 14.3 Å². The van der Waals surface area contributed by atoms with E-state index in [0.717, 1.165) is 16.3 Å². The number of carbonyl (C=O) groups excluding carboxylic acids is 2. The van der Waals surface area contributed by atoms with Crippen molar-refractivity contribution in [2.24, 2.45) is 17.3 Å². The molecule has 1 N–H and O–H groups in total. The van der Waals surface area contributed by atoms with Gasteiger partial charge in [0.25, 0.3) is 0 Å². The second-order valence-corrected chi connectivity index (χ2v) is 10.5. The standard InChI is InChI=1S/C24H31N3O3/c1-22(2,3)30-21(29)27-13-18-19(24(18,6)14-27)20(28)26-23(4,5)17-12-25-11-15-9-7-8-10-16(15)17/h7-12,18-19H,13-14H2,1-6H3,(H,26,28)/t18-,19+,24-/m0/s1. The van der Waals surface area contributed by atoms with Crippen molar-refractivity contribution in [2.45, 2.75) is 52.7 Å². The summed E-state index contributed by atoms with van der Waals surface area (Å²) in [4.78, 5) is 31.7. The Morgan fingerprint density at radius 3 is 2.50 bits per heavy atom. The molecule has 2 aliphatic rings. The smallest absolute Gasteiger partial charge is 0.410 e. The van der Waals surface area contributed by atoms with E-state index < -0.39 is 11.1 Å². The first-order valence-corrected chi connectivity index (χ1v) is 10.6. The fourth-order valence-corrected chi connectivity index (χ4v) is 4.92. The van der Waals surface area contributed by atoms with Gasteiger partial charge >= 0.3 is 6.09 Å². The molecule has 0 radical (unpaired) electrons. The summed E-state index contributed by atoms with van der Waals surface area (Å²) in [6, 6.07) is 8.08. The van der Waals surface area contributed by atoms with Crippen LogP contribution in [0.3, 0.4) is 0 Å². The molecular weight excluding hydrogens is 378 g/mol. The lowest BCUT2D eigenvalue weighted by Crippen LogP contribution is -2.45. The third-order valence-electron chi connectivity index (χ3n) is 6.51. The molecule has 0 bridgehead atoms. The minimum absolute atomic E-state index is 0.0456. The highest BCUT2D eigenvalue weighted by atomic mass is 16.6. The predicted octanol–water partition coefficient (Wildman–Crippen LogP) is 4.09. The number of hydrogen-bond donors (Lipinski definition) is 1. The lowest BCUT2D eigenvalue weighted by molar-refractivity contribution is -0.125. The number of fused-ring (bicyclic) bond motifs is 2. The van der Waals surface area contributed by atoms with Crippen LogP contribution in [0.25, 0.3) is 10.8 Å². The van der Waals surface area contributed by atoms with E-state index in [2.05, 4.69) is 23.3 Å². The Morgan fingerprint density at radius 1 is 1.17 bits per heavy atom. The molecule has 1 saturated heterocycles. The average molecular weight is 410 g/mol. The van der Waals surface area contributed by atoms with Gasteiger partial charge in [0.05, 0.1) is 11.5 Å². The van der Waals surface area contributed by atoms with Crippen LogP contribution in [0.2, 0.25) is 0 Å². The van der Waals surface area contributed by atoms with Crippen LogP contribution >= 0.6 is 0 Å². The molecular formula is C24H31N3O3. The number of aromatic nitrogens is 1. The third kappa shape index (κ3) is 3.53. The van der Waals surface area contributed by atoms with Crippen molar-refractivity contribution in [3.63, 3.8) is 0 Å². The Labute approximate surface area is 178 Å². The average Bonchev–Trinajstić information content (AvgIpc) is 3.05. The molecule has 1 aliphatic heterocycles. The van der Waals surface area contributed by atoms with Gasteiger partial charge in [-0.3, -0.25) is 9.78 Å². The molecule has 30 heavy (non-hydrogen) atoms. The van der Waals surface area contributed by atoms with Crippen molar-refractivity contribution in [1.29, 1.82) is 0 Å². The van der Waals surface area contributed by atoms with E-state index >= 15 is 0 Å². The Balaban J connectivity index is 1.45. The topological polar surface area (TPSA) is 71.5 Å². The number of hydrogen-bond acceptors (Lipinski definition) is 4. The molecule has 0 unspecified atom stereocenters. The van der Waals surface area contributed by atoms with Gasteiger partial charge in [-0.05, 0) is 45.9 Å². The van der Waals surface area contributed by atoms with Crippen LogP contribution < -0.4 is 5.32 Å². The summed E-state index contributed by atoms with van der Waals surface area (Å²) in [5, 5.41) is 5.40. The van der Waals surface area contributed by atoms with Crippen molar-refractivity contribution in [3.05, 3.63) is 42.2 Å². The summed E-state index contributed by atoms with van der Waals surface area (Å²) in [6.07, 6.45) is 3.38. The van der Waals surface area contributed by atoms with Crippen LogP contribution in [-0.2, 0) is 15.1 Å². The zero-order valence-electron chi connectivity index (χ0n) is 18.7. The number of rotatable bonds is 3. The summed E-state index contributed by atoms with van der Waals surface area (Å²) in [5.41, 5.74) is -0.255. The zero-order valence-corrected chi connectivity index (χ0v) is 18.7. The molecule has 2 fully saturated rings. The number of piperidine rings is 1. The Kier molecular flexibility index (Phi) is 4.60. The van der Waals surface area contributed by atoms with E-state index in [1.807, 2.05) is 65.2 Å². The first kappa shape index (κ1) is 20.6. The van der Waals surface area contributed by atoms with Gasteiger partial charge < -0.3 is 15.0 Å². The minimum atomic E-state index is -0.553. The van der Waals surface area contributed by atoms with Gasteiger partial charge in [-0.1, -0.05) is 31.2 Å². The number of pyridine rings is 1. The number of ether oxygens (including phenoxy) is 1. The van der Waals surface area contributed by atoms with E-state index in [-0.39, 0.29) is 29.3 Å². The van der Waals surface area contributed by atoms with E-state index in [0.29, 0.717) is 13.1 Å². The summed E-state index contributed by atoms with van der Waals surface area (Å²) < 4.78 is 5.49. The maximum absolute atomic E-state index is 13.2. The summed E-state index contributed by atoms with van der Waals surface area (Å²) in [5.74, 6) is 0.133. The van der Waals surface area contributed by atoms with Gasteiger partial charge in [0, 0.05) is 41.8 Å². The summed E-state index contributed by atoms with van der Waals surface area (Å²) in [6.45, 7) is 12.8. The second-order valence-electron chi connectivity index (χ2n) is 10.5. The van der Waals surface area contributed by atoms with Crippen molar-refractivity contribution in [2.75, 3.05) is 13.1 Å². The van der Waals surface area contributed by atoms with Crippen molar-refractivity contribution in [3.8, 4) is 0 Å². The number of likely N-dealkylation sites (tertiary alicyclic amines) is 1. The molecule has 1 aromatic heterocycles. The van der Waals surface area contributed by atoms with Crippen molar-refractivity contribution in [1.82, 2.24) is 15.2 Å². The van der Waals surface area contributed by atoms with Crippen LogP contribution in [0.1, 0.15) is 47.1 Å². The van der Waals surface area contributed by atoms with E-state index in [4.69, 9.17) is 4.74 Å². The van der Waals surface area contributed by atoms with Gasteiger partial charge in [0.1, 0.15) is 5.60 Å². The minimum Gasteiger partial charge on any atom is -0.444 e. The number of carbonyl (C=O) groups is 2. The molecule has 2 heterocycles. The van der Waals surface area contributed by atoms with Crippen LogP contribution in [0.15, 0.2) is 36.7 Å². The molecule has 160 valence electrons. The van der Waals surface area contributed by atoms with Gasteiger partial charge in [-0.2, -0.15) is 0 Å². The molecule has 1 aliphatic carbocycles. The van der Waals surface area contributed by atoms with Crippen molar-refractivity contribution >= 4 is 22.8 Å². The summed E-state index contributed by atoms with van der Waals surface area (Å²) in [7, 11) is 0. The van der Waals surface area contributed by atoms with Gasteiger partial charge in [0.15, 0.2) is 0 Å². The molecule has 6 nitrogen and oxygen atoms in total. The maximum Gasteiger partial charge on any atom is 0.410 e. The lowest BCUT2D eigenvalue weighted by Gasteiger charge is -2.30. The van der Waals surface area contributed by atoms with Gasteiger partial charge in [0.2, 0.25) is 5.91 Å². The number of benzene rings is 1. The second kappa shape index (κ2) is 6.69. The maximum atomic E-state index is 13.2. The predicted molar refractivity (Wildman–Crippen MR) is 116 cm³/mol. The van der Waals surface area contributed by atoms with E-state index in [9.17, 15) is 9.59 Å². The molecule has 4 rings (SSSR count). The molecule has 2 aromatic rings.